The Morgan fingerprint density at radius 1 is 1.50 bits per heavy atom. The fourth-order valence-electron chi connectivity index (χ4n) is 1.50. The van der Waals surface area contributed by atoms with Gasteiger partial charge in [-0.15, -0.1) is 22.9 Å². The van der Waals surface area contributed by atoms with Crippen molar-refractivity contribution in [2.24, 2.45) is 0 Å². The van der Waals surface area contributed by atoms with Crippen LogP contribution >= 0.6 is 22.9 Å². The lowest BCUT2D eigenvalue weighted by Crippen LogP contribution is -2.36. The first-order valence-corrected chi connectivity index (χ1v) is 6.76. The Bertz CT molecular complexity index is 477. The molecule has 0 saturated heterocycles. The largest absolute Gasteiger partial charge is 0.363 e. The predicted octanol–water partition coefficient (Wildman–Crippen LogP) is 4.12. The molecule has 1 unspecified atom stereocenters. The van der Waals surface area contributed by atoms with E-state index in [0.717, 1.165) is 12.2 Å². The zero-order valence-corrected chi connectivity index (χ0v) is 11.0. The van der Waals surface area contributed by atoms with Crippen molar-refractivity contribution in [3.05, 3.63) is 23.7 Å². The molecule has 2 heterocycles. The molecule has 0 aliphatic heterocycles. The predicted molar refractivity (Wildman–Crippen MR) is 72.7 cm³/mol. The Hall–Kier alpha value is -0.800. The highest BCUT2D eigenvalue weighted by molar-refractivity contribution is 7.17. The summed E-state index contributed by atoms with van der Waals surface area (Å²) < 4.78 is 1.26. The molecule has 0 radical (unpaired) electrons. The summed E-state index contributed by atoms with van der Waals surface area (Å²) in [5, 5.41) is 6.71. The summed E-state index contributed by atoms with van der Waals surface area (Å²) in [4.78, 5) is 4.40. The van der Waals surface area contributed by atoms with Gasteiger partial charge in [0.15, 0.2) is 0 Å². The number of nitrogens with one attached hydrogen (secondary N) is 1. The minimum absolute atomic E-state index is 0.0925. The van der Waals surface area contributed by atoms with E-state index in [0.29, 0.717) is 5.88 Å². The number of fused-ring (bicyclic) bond motifs is 1. The van der Waals surface area contributed by atoms with Crippen LogP contribution in [0.3, 0.4) is 0 Å². The molecular weight excluding hydrogens is 240 g/mol. The zero-order chi connectivity index (χ0) is 11.6. The van der Waals surface area contributed by atoms with Gasteiger partial charge in [0.1, 0.15) is 5.82 Å². The summed E-state index contributed by atoms with van der Waals surface area (Å²) in [5.41, 5.74) is -0.0925. The number of rotatable bonds is 4. The number of halogens is 1. The van der Waals surface area contributed by atoms with Crippen molar-refractivity contribution in [1.82, 2.24) is 4.98 Å². The first-order valence-electron chi connectivity index (χ1n) is 5.35. The van der Waals surface area contributed by atoms with Gasteiger partial charge < -0.3 is 5.32 Å². The zero-order valence-electron chi connectivity index (χ0n) is 9.46. The van der Waals surface area contributed by atoms with Crippen LogP contribution in [0.5, 0.6) is 0 Å². The minimum atomic E-state index is -0.0925. The first kappa shape index (κ1) is 11.7. The molecule has 0 amide bonds. The molecule has 4 heteroatoms. The number of thiophene rings is 1. The molecule has 2 rings (SSSR count). The number of pyridine rings is 1. The molecule has 0 bridgehead atoms. The SMILES string of the molecule is CCC(C)(CCl)Nc1nccc2sccc12. The van der Waals surface area contributed by atoms with E-state index in [2.05, 4.69) is 35.6 Å². The van der Waals surface area contributed by atoms with Crippen LogP contribution in [0.25, 0.3) is 10.1 Å². The van der Waals surface area contributed by atoms with Gasteiger partial charge in [-0.25, -0.2) is 4.98 Å². The molecule has 1 atom stereocenters. The van der Waals surface area contributed by atoms with Crippen molar-refractivity contribution in [2.45, 2.75) is 25.8 Å². The maximum Gasteiger partial charge on any atom is 0.135 e. The lowest BCUT2D eigenvalue weighted by atomic mass is 10.0. The molecule has 16 heavy (non-hydrogen) atoms. The van der Waals surface area contributed by atoms with Crippen molar-refractivity contribution < 1.29 is 0 Å². The van der Waals surface area contributed by atoms with Crippen molar-refractivity contribution in [1.29, 1.82) is 0 Å². The molecule has 0 saturated carbocycles. The highest BCUT2D eigenvalue weighted by Crippen LogP contribution is 2.28. The lowest BCUT2D eigenvalue weighted by molar-refractivity contribution is 0.552. The van der Waals surface area contributed by atoms with E-state index in [-0.39, 0.29) is 5.54 Å². The number of hydrogen-bond acceptors (Lipinski definition) is 3. The fourth-order valence-corrected chi connectivity index (χ4v) is 2.53. The van der Waals surface area contributed by atoms with Crippen LogP contribution in [-0.4, -0.2) is 16.4 Å². The van der Waals surface area contributed by atoms with Crippen LogP contribution in [0, 0.1) is 0 Å². The Labute approximate surface area is 105 Å². The third-order valence-corrected chi connectivity index (χ3v) is 4.35. The second-order valence-corrected chi connectivity index (χ2v) is 5.38. The van der Waals surface area contributed by atoms with Gasteiger partial charge in [-0.1, -0.05) is 6.92 Å². The normalized spacial score (nSPS) is 14.9. The van der Waals surface area contributed by atoms with E-state index in [1.54, 1.807) is 11.3 Å². The number of alkyl halides is 1. The molecule has 0 aliphatic rings. The molecule has 2 nitrogen and oxygen atoms in total. The van der Waals surface area contributed by atoms with Crippen LogP contribution in [-0.2, 0) is 0 Å². The Morgan fingerprint density at radius 2 is 2.31 bits per heavy atom. The van der Waals surface area contributed by atoms with E-state index < -0.39 is 0 Å². The highest BCUT2D eigenvalue weighted by atomic mass is 35.5. The second kappa shape index (κ2) is 4.60. The van der Waals surface area contributed by atoms with E-state index in [9.17, 15) is 0 Å². The van der Waals surface area contributed by atoms with Crippen LogP contribution < -0.4 is 5.32 Å². The van der Waals surface area contributed by atoms with Crippen LogP contribution in [0.1, 0.15) is 20.3 Å². The number of aromatic nitrogens is 1. The number of nitrogens with zero attached hydrogens (tertiary/aromatic N) is 1. The lowest BCUT2D eigenvalue weighted by Gasteiger charge is -2.28. The van der Waals surface area contributed by atoms with E-state index in [4.69, 9.17) is 11.6 Å². The first-order chi connectivity index (χ1) is 7.68. The standard InChI is InChI=1S/C12H15ClN2S/c1-3-12(2,8-13)15-11-9-5-7-16-10(9)4-6-14-11/h4-7H,3,8H2,1-2H3,(H,14,15). The Morgan fingerprint density at radius 3 is 3.00 bits per heavy atom. The molecule has 0 aromatic carbocycles. The third kappa shape index (κ3) is 2.15. The Balaban J connectivity index is 2.37. The van der Waals surface area contributed by atoms with Gasteiger partial charge in [0.05, 0.1) is 0 Å². The average molecular weight is 255 g/mol. The van der Waals surface area contributed by atoms with Crippen molar-refractivity contribution in [3.63, 3.8) is 0 Å². The van der Waals surface area contributed by atoms with Crippen LogP contribution in [0.4, 0.5) is 5.82 Å². The molecule has 2 aromatic rings. The molecule has 2 aromatic heterocycles. The molecule has 0 aliphatic carbocycles. The van der Waals surface area contributed by atoms with E-state index in [1.807, 2.05) is 12.3 Å². The van der Waals surface area contributed by atoms with Gasteiger partial charge in [-0.2, -0.15) is 0 Å². The molecule has 0 fully saturated rings. The Kier molecular flexibility index (Phi) is 3.36. The summed E-state index contributed by atoms with van der Waals surface area (Å²) in [6.07, 6.45) is 2.81. The van der Waals surface area contributed by atoms with Gasteiger partial charge in [0, 0.05) is 27.7 Å². The van der Waals surface area contributed by atoms with Crippen LogP contribution in [0.2, 0.25) is 0 Å². The molecule has 0 spiro atoms. The monoisotopic (exact) mass is 254 g/mol. The van der Waals surface area contributed by atoms with E-state index >= 15 is 0 Å². The van der Waals surface area contributed by atoms with Gasteiger partial charge in [0.2, 0.25) is 0 Å². The fraction of sp³-hybridized carbons (Fsp3) is 0.417. The molecule has 1 N–H and O–H groups in total. The molecule has 86 valence electrons. The van der Waals surface area contributed by atoms with Crippen molar-refractivity contribution in [2.75, 3.05) is 11.2 Å². The van der Waals surface area contributed by atoms with Crippen LogP contribution in [0.15, 0.2) is 23.7 Å². The van der Waals surface area contributed by atoms with Gasteiger partial charge in [-0.05, 0) is 30.9 Å². The maximum absolute atomic E-state index is 6.00. The third-order valence-electron chi connectivity index (χ3n) is 2.88. The van der Waals surface area contributed by atoms with Gasteiger partial charge in [0.25, 0.3) is 0 Å². The van der Waals surface area contributed by atoms with Crippen molar-refractivity contribution >= 4 is 38.8 Å². The van der Waals surface area contributed by atoms with Gasteiger partial charge in [-0.3, -0.25) is 0 Å². The smallest absolute Gasteiger partial charge is 0.135 e. The quantitative estimate of drug-likeness (QED) is 0.831. The summed E-state index contributed by atoms with van der Waals surface area (Å²) >= 11 is 7.73. The number of hydrogen-bond donors (Lipinski definition) is 1. The van der Waals surface area contributed by atoms with Crippen molar-refractivity contribution in [3.8, 4) is 0 Å². The topological polar surface area (TPSA) is 24.9 Å². The summed E-state index contributed by atoms with van der Waals surface area (Å²) in [6, 6.07) is 4.13. The van der Waals surface area contributed by atoms with Gasteiger partial charge >= 0.3 is 0 Å². The second-order valence-electron chi connectivity index (χ2n) is 4.16. The molecular formula is C12H15ClN2S. The maximum atomic E-state index is 6.00. The summed E-state index contributed by atoms with van der Waals surface area (Å²) in [5.74, 6) is 1.51. The average Bonchev–Trinajstić information content (AvgIpc) is 2.78. The minimum Gasteiger partial charge on any atom is -0.363 e. The van der Waals surface area contributed by atoms with E-state index in [1.165, 1.54) is 10.1 Å². The number of anilines is 1. The summed E-state index contributed by atoms with van der Waals surface area (Å²) in [6.45, 7) is 4.25. The summed E-state index contributed by atoms with van der Waals surface area (Å²) in [7, 11) is 0. The highest BCUT2D eigenvalue weighted by Gasteiger charge is 2.21.